The number of carbonyl (C=O) groups is 1. The topological polar surface area (TPSA) is 67.0 Å². The first-order valence-corrected chi connectivity index (χ1v) is 5.65. The van der Waals surface area contributed by atoms with Gasteiger partial charge in [-0.05, 0) is 19.8 Å². The average molecular weight is 223 g/mol. The van der Waals surface area contributed by atoms with Crippen LogP contribution >= 0.6 is 0 Å². The van der Waals surface area contributed by atoms with Crippen LogP contribution in [-0.4, -0.2) is 28.6 Å². The summed E-state index contributed by atoms with van der Waals surface area (Å²) < 4.78 is 5.46. The van der Waals surface area contributed by atoms with Gasteiger partial charge >= 0.3 is 0 Å². The molecule has 2 atom stereocenters. The van der Waals surface area contributed by atoms with Crippen molar-refractivity contribution in [1.29, 1.82) is 0 Å². The van der Waals surface area contributed by atoms with Crippen LogP contribution in [0.2, 0.25) is 0 Å². The molecule has 0 bridgehead atoms. The molecular weight excluding hydrogens is 206 g/mol. The molecule has 2 N–H and O–H groups in total. The average Bonchev–Trinajstić information content (AvgIpc) is 2.79. The zero-order valence-corrected chi connectivity index (χ0v) is 9.40. The Bertz CT molecular complexity index is 337. The lowest BCUT2D eigenvalue weighted by Gasteiger charge is -2.27. The standard InChI is InChI=1S/C11H17N3O2/c1-8-9(3-2-6-16-8)11(15)14-7-10-12-4-5-13-10/h4-5,8-9H,2-3,6-7H2,1H3,(H,12,13)(H,14,15)/t8-,9+/m1/s1. The number of nitrogens with zero attached hydrogens (tertiary/aromatic N) is 1. The molecule has 0 radical (unpaired) electrons. The highest BCUT2D eigenvalue weighted by atomic mass is 16.5. The maximum Gasteiger partial charge on any atom is 0.226 e. The van der Waals surface area contributed by atoms with E-state index in [-0.39, 0.29) is 17.9 Å². The Hall–Kier alpha value is -1.36. The van der Waals surface area contributed by atoms with Crippen molar-refractivity contribution in [2.45, 2.75) is 32.4 Å². The number of H-pyrrole nitrogens is 1. The second-order valence-electron chi connectivity index (χ2n) is 4.08. The lowest BCUT2D eigenvalue weighted by Crippen LogP contribution is -2.40. The van der Waals surface area contributed by atoms with Crippen LogP contribution in [0.1, 0.15) is 25.6 Å². The summed E-state index contributed by atoms with van der Waals surface area (Å²) in [6, 6.07) is 0. The number of ether oxygens (including phenoxy) is 1. The van der Waals surface area contributed by atoms with E-state index < -0.39 is 0 Å². The Morgan fingerprint density at radius 1 is 1.75 bits per heavy atom. The van der Waals surface area contributed by atoms with Gasteiger partial charge in [0, 0.05) is 19.0 Å². The fraction of sp³-hybridized carbons (Fsp3) is 0.636. The van der Waals surface area contributed by atoms with Crippen LogP contribution in [0, 0.1) is 5.92 Å². The van der Waals surface area contributed by atoms with E-state index in [1.165, 1.54) is 0 Å². The van der Waals surface area contributed by atoms with E-state index >= 15 is 0 Å². The number of aromatic nitrogens is 2. The Balaban J connectivity index is 1.83. The van der Waals surface area contributed by atoms with Gasteiger partial charge in [0.2, 0.25) is 5.91 Å². The highest BCUT2D eigenvalue weighted by Crippen LogP contribution is 2.20. The zero-order chi connectivity index (χ0) is 11.4. The van der Waals surface area contributed by atoms with Crippen molar-refractivity contribution in [3.8, 4) is 0 Å². The van der Waals surface area contributed by atoms with Gasteiger partial charge in [0.05, 0.1) is 18.6 Å². The minimum Gasteiger partial charge on any atom is -0.378 e. The van der Waals surface area contributed by atoms with Crippen LogP contribution in [0.15, 0.2) is 12.4 Å². The Morgan fingerprint density at radius 3 is 3.31 bits per heavy atom. The third-order valence-corrected chi connectivity index (χ3v) is 2.93. The normalized spacial score (nSPS) is 25.3. The molecule has 5 nitrogen and oxygen atoms in total. The number of hydrogen-bond acceptors (Lipinski definition) is 3. The third kappa shape index (κ3) is 2.61. The molecule has 1 amide bonds. The smallest absolute Gasteiger partial charge is 0.226 e. The molecule has 0 spiro atoms. The van der Waals surface area contributed by atoms with E-state index in [9.17, 15) is 4.79 Å². The molecule has 2 rings (SSSR count). The minimum absolute atomic E-state index is 0.0188. The number of amides is 1. The van der Waals surface area contributed by atoms with Crippen LogP contribution in [0.4, 0.5) is 0 Å². The molecule has 1 aromatic heterocycles. The van der Waals surface area contributed by atoms with Crippen molar-refractivity contribution in [3.63, 3.8) is 0 Å². The number of aromatic amines is 1. The summed E-state index contributed by atoms with van der Waals surface area (Å²) in [7, 11) is 0. The van der Waals surface area contributed by atoms with Gasteiger partial charge in [0.15, 0.2) is 0 Å². The largest absolute Gasteiger partial charge is 0.378 e. The molecule has 0 aromatic carbocycles. The maximum atomic E-state index is 11.9. The molecular formula is C11H17N3O2. The molecule has 1 aromatic rings. The van der Waals surface area contributed by atoms with E-state index in [2.05, 4.69) is 15.3 Å². The molecule has 1 saturated heterocycles. The SMILES string of the molecule is C[C@H]1OCCC[C@@H]1C(=O)NCc1ncc[nH]1. The predicted octanol–water partition coefficient (Wildman–Crippen LogP) is 0.841. The summed E-state index contributed by atoms with van der Waals surface area (Å²) in [4.78, 5) is 18.9. The Labute approximate surface area is 94.6 Å². The van der Waals surface area contributed by atoms with Crippen molar-refractivity contribution in [3.05, 3.63) is 18.2 Å². The fourth-order valence-corrected chi connectivity index (χ4v) is 1.96. The number of hydrogen-bond donors (Lipinski definition) is 2. The first-order chi connectivity index (χ1) is 7.77. The summed E-state index contributed by atoms with van der Waals surface area (Å²) >= 11 is 0. The monoisotopic (exact) mass is 223 g/mol. The van der Waals surface area contributed by atoms with E-state index in [1.54, 1.807) is 12.4 Å². The quantitative estimate of drug-likeness (QED) is 0.798. The summed E-state index contributed by atoms with van der Waals surface area (Å²) in [5.41, 5.74) is 0. The van der Waals surface area contributed by atoms with E-state index in [0.29, 0.717) is 6.54 Å². The molecule has 1 aliphatic heterocycles. The minimum atomic E-state index is -0.0243. The zero-order valence-electron chi connectivity index (χ0n) is 9.40. The molecule has 16 heavy (non-hydrogen) atoms. The second kappa shape index (κ2) is 5.12. The van der Waals surface area contributed by atoms with Crippen LogP contribution in [0.25, 0.3) is 0 Å². The molecule has 1 fully saturated rings. The number of rotatable bonds is 3. The Morgan fingerprint density at radius 2 is 2.62 bits per heavy atom. The van der Waals surface area contributed by atoms with Gasteiger partial charge in [0.25, 0.3) is 0 Å². The van der Waals surface area contributed by atoms with E-state index in [0.717, 1.165) is 25.3 Å². The third-order valence-electron chi connectivity index (χ3n) is 2.93. The van der Waals surface area contributed by atoms with Gasteiger partial charge in [0.1, 0.15) is 5.82 Å². The summed E-state index contributed by atoms with van der Waals surface area (Å²) in [5, 5.41) is 2.87. The lowest BCUT2D eigenvalue weighted by atomic mass is 9.94. The Kier molecular flexibility index (Phi) is 3.56. The second-order valence-corrected chi connectivity index (χ2v) is 4.08. The van der Waals surface area contributed by atoms with Crippen molar-refractivity contribution in [2.75, 3.05) is 6.61 Å². The fourth-order valence-electron chi connectivity index (χ4n) is 1.96. The summed E-state index contributed by atoms with van der Waals surface area (Å²) in [6.45, 7) is 3.18. The van der Waals surface area contributed by atoms with Crippen LogP contribution in [0.5, 0.6) is 0 Å². The first kappa shape index (κ1) is 11.1. The maximum absolute atomic E-state index is 11.9. The molecule has 0 unspecified atom stereocenters. The molecule has 88 valence electrons. The van der Waals surface area contributed by atoms with Crippen LogP contribution < -0.4 is 5.32 Å². The van der Waals surface area contributed by atoms with Gasteiger partial charge in [-0.1, -0.05) is 0 Å². The van der Waals surface area contributed by atoms with Crippen molar-refractivity contribution < 1.29 is 9.53 Å². The first-order valence-electron chi connectivity index (χ1n) is 5.65. The van der Waals surface area contributed by atoms with Gasteiger partial charge < -0.3 is 15.0 Å². The van der Waals surface area contributed by atoms with Crippen molar-refractivity contribution in [2.24, 2.45) is 5.92 Å². The summed E-state index contributed by atoms with van der Waals surface area (Å²) in [5.74, 6) is 0.810. The van der Waals surface area contributed by atoms with E-state index in [4.69, 9.17) is 4.74 Å². The van der Waals surface area contributed by atoms with Gasteiger partial charge in [-0.2, -0.15) is 0 Å². The number of nitrogens with one attached hydrogen (secondary N) is 2. The van der Waals surface area contributed by atoms with Gasteiger partial charge in [-0.15, -0.1) is 0 Å². The van der Waals surface area contributed by atoms with Crippen LogP contribution in [0.3, 0.4) is 0 Å². The highest BCUT2D eigenvalue weighted by molar-refractivity contribution is 5.79. The molecule has 2 heterocycles. The van der Waals surface area contributed by atoms with Gasteiger partial charge in [-0.3, -0.25) is 4.79 Å². The van der Waals surface area contributed by atoms with Gasteiger partial charge in [-0.25, -0.2) is 4.98 Å². The van der Waals surface area contributed by atoms with E-state index in [1.807, 2.05) is 6.92 Å². The summed E-state index contributed by atoms with van der Waals surface area (Å²) in [6.07, 6.45) is 5.31. The number of imidazole rings is 1. The molecule has 0 saturated carbocycles. The molecule has 5 heteroatoms. The molecule has 1 aliphatic rings. The lowest BCUT2D eigenvalue weighted by molar-refractivity contribution is -0.133. The highest BCUT2D eigenvalue weighted by Gasteiger charge is 2.28. The van der Waals surface area contributed by atoms with Crippen LogP contribution in [-0.2, 0) is 16.1 Å². The molecule has 0 aliphatic carbocycles. The van der Waals surface area contributed by atoms with Crippen molar-refractivity contribution in [1.82, 2.24) is 15.3 Å². The number of carbonyl (C=O) groups excluding carboxylic acids is 1. The van der Waals surface area contributed by atoms with Crippen molar-refractivity contribution >= 4 is 5.91 Å². The predicted molar refractivity (Wildman–Crippen MR) is 58.6 cm³/mol.